The topological polar surface area (TPSA) is 137 Å². The van der Waals surface area contributed by atoms with Gasteiger partial charge in [-0.3, -0.25) is 9.36 Å². The van der Waals surface area contributed by atoms with Crippen molar-refractivity contribution < 1.29 is 19.7 Å². The van der Waals surface area contributed by atoms with Crippen LogP contribution in [0.15, 0.2) is 17.1 Å². The highest BCUT2D eigenvalue weighted by molar-refractivity contribution is 5.87. The van der Waals surface area contributed by atoms with Crippen LogP contribution >= 0.6 is 0 Å². The number of hydrogen-bond acceptors (Lipinski definition) is 7. The van der Waals surface area contributed by atoms with Crippen molar-refractivity contribution in [1.29, 1.82) is 5.26 Å². The van der Waals surface area contributed by atoms with Gasteiger partial charge in [0.1, 0.15) is 11.9 Å². The molecular weight excluding hydrogens is 304 g/mol. The molecule has 9 nitrogen and oxygen atoms in total. The molecule has 1 aromatic rings. The molecule has 1 aliphatic rings. The number of amides is 1. The molecule has 1 amide bonds. The minimum Gasteiger partial charge on any atom is -0.394 e. The zero-order valence-electron chi connectivity index (χ0n) is 12.6. The monoisotopic (exact) mass is 322 g/mol. The summed E-state index contributed by atoms with van der Waals surface area (Å²) < 4.78 is 6.87. The highest BCUT2D eigenvalue weighted by atomic mass is 16.6. The van der Waals surface area contributed by atoms with E-state index in [2.05, 4.69) is 10.3 Å². The first-order valence-corrected chi connectivity index (χ1v) is 7.13. The second kappa shape index (κ2) is 6.87. The third-order valence-corrected chi connectivity index (χ3v) is 3.68. The van der Waals surface area contributed by atoms with Crippen LogP contribution in [0.25, 0.3) is 0 Å². The number of aromatic nitrogens is 2. The highest BCUT2D eigenvalue weighted by Gasteiger charge is 2.47. The second-order valence-electron chi connectivity index (χ2n) is 5.36. The van der Waals surface area contributed by atoms with Gasteiger partial charge in [-0.25, -0.2) is 4.79 Å². The summed E-state index contributed by atoms with van der Waals surface area (Å²) in [6, 6.07) is 3.41. The lowest BCUT2D eigenvalue weighted by Gasteiger charge is -2.30. The Morgan fingerprint density at radius 1 is 1.70 bits per heavy atom. The van der Waals surface area contributed by atoms with Gasteiger partial charge in [0.15, 0.2) is 5.72 Å². The fraction of sp³-hybridized carbons (Fsp3) is 0.571. The second-order valence-corrected chi connectivity index (χ2v) is 5.36. The van der Waals surface area contributed by atoms with Crippen LogP contribution in [-0.2, 0) is 15.3 Å². The molecule has 124 valence electrons. The Morgan fingerprint density at radius 2 is 2.43 bits per heavy atom. The van der Waals surface area contributed by atoms with Crippen molar-refractivity contribution in [2.45, 2.75) is 44.1 Å². The van der Waals surface area contributed by atoms with E-state index in [-0.39, 0.29) is 31.0 Å². The molecule has 0 radical (unpaired) electrons. The number of hydrogen-bond donors (Lipinski definition) is 3. The van der Waals surface area contributed by atoms with E-state index >= 15 is 0 Å². The fourth-order valence-electron chi connectivity index (χ4n) is 2.68. The minimum absolute atomic E-state index is 0.0565. The van der Waals surface area contributed by atoms with Crippen LogP contribution in [-0.4, -0.2) is 44.5 Å². The molecule has 3 atom stereocenters. The average molecular weight is 322 g/mol. The summed E-state index contributed by atoms with van der Waals surface area (Å²) in [5, 5.41) is 30.5. The Hall–Kier alpha value is -2.28. The van der Waals surface area contributed by atoms with E-state index in [0.29, 0.717) is 0 Å². The molecule has 1 saturated heterocycles. The van der Waals surface area contributed by atoms with Gasteiger partial charge in [-0.2, -0.15) is 10.2 Å². The molecule has 2 heterocycles. The maximum Gasteiger partial charge on any atom is 0.351 e. The quantitative estimate of drug-likeness (QED) is 0.651. The summed E-state index contributed by atoms with van der Waals surface area (Å²) in [5.41, 5.74) is -1.93. The predicted octanol–water partition coefficient (Wildman–Crippen LogP) is -0.700. The lowest BCUT2D eigenvalue weighted by atomic mass is 10.0. The minimum atomic E-state index is -1.25. The van der Waals surface area contributed by atoms with Gasteiger partial charge in [0.2, 0.25) is 5.91 Å². The summed E-state index contributed by atoms with van der Waals surface area (Å²) in [4.78, 5) is 27.0. The van der Waals surface area contributed by atoms with Crippen molar-refractivity contribution >= 4 is 11.7 Å². The van der Waals surface area contributed by atoms with E-state index < -0.39 is 30.2 Å². The molecule has 1 aromatic heterocycles. The number of aliphatic hydroxyl groups excluding tert-OH is 2. The van der Waals surface area contributed by atoms with Gasteiger partial charge in [0, 0.05) is 32.4 Å². The first-order chi connectivity index (χ1) is 10.9. The van der Waals surface area contributed by atoms with Crippen molar-refractivity contribution in [1.82, 2.24) is 9.55 Å². The van der Waals surface area contributed by atoms with Crippen molar-refractivity contribution in [3.8, 4) is 6.07 Å². The smallest absolute Gasteiger partial charge is 0.351 e. The maximum atomic E-state index is 12.3. The summed E-state index contributed by atoms with van der Waals surface area (Å²) >= 11 is 0. The van der Waals surface area contributed by atoms with Crippen molar-refractivity contribution in [3.63, 3.8) is 0 Å². The third-order valence-electron chi connectivity index (χ3n) is 3.68. The summed E-state index contributed by atoms with van der Waals surface area (Å²) in [5.74, 6) is -0.256. The molecule has 9 heteroatoms. The molecule has 23 heavy (non-hydrogen) atoms. The number of rotatable bonds is 5. The van der Waals surface area contributed by atoms with Crippen molar-refractivity contribution in [2.24, 2.45) is 0 Å². The molecule has 0 spiro atoms. The van der Waals surface area contributed by atoms with E-state index in [9.17, 15) is 19.8 Å². The zero-order valence-corrected chi connectivity index (χ0v) is 12.6. The van der Waals surface area contributed by atoms with E-state index in [4.69, 9.17) is 10.00 Å². The largest absolute Gasteiger partial charge is 0.394 e. The molecule has 0 aromatic carbocycles. The number of aliphatic hydroxyl groups is 2. The number of nitrogens with zero attached hydrogens (tertiary/aromatic N) is 3. The normalized spacial score (nSPS) is 26.7. The number of ether oxygens (including phenoxy) is 1. The number of nitrogens with one attached hydrogen (secondary N) is 1. The van der Waals surface area contributed by atoms with Gasteiger partial charge >= 0.3 is 5.69 Å². The van der Waals surface area contributed by atoms with E-state index in [0.717, 1.165) is 0 Å². The Labute approximate surface area is 132 Å². The first-order valence-electron chi connectivity index (χ1n) is 7.13. The van der Waals surface area contributed by atoms with Crippen LogP contribution in [0.4, 0.5) is 5.82 Å². The Bertz CT molecular complexity index is 682. The zero-order chi connectivity index (χ0) is 17.0. The van der Waals surface area contributed by atoms with Gasteiger partial charge in [0.25, 0.3) is 0 Å². The Balaban J connectivity index is 2.39. The van der Waals surface area contributed by atoms with Gasteiger partial charge in [-0.1, -0.05) is 0 Å². The number of anilines is 1. The fourth-order valence-corrected chi connectivity index (χ4v) is 2.68. The molecule has 1 fully saturated rings. The van der Waals surface area contributed by atoms with Gasteiger partial charge in [-0.05, 0) is 6.07 Å². The number of nitriles is 1. The van der Waals surface area contributed by atoms with Gasteiger partial charge in [-0.15, -0.1) is 0 Å². The SMILES string of the molecule is CC(=O)Nc1ccn([C@@]2(CCC#N)C[C@H](O)[C@@H](CO)O2)c(=O)n1. The summed E-state index contributed by atoms with van der Waals surface area (Å²) in [6.07, 6.45) is -0.0786. The van der Waals surface area contributed by atoms with E-state index in [1.807, 2.05) is 6.07 Å². The van der Waals surface area contributed by atoms with E-state index in [1.54, 1.807) is 0 Å². The average Bonchev–Trinajstić information content (AvgIpc) is 2.81. The molecule has 0 aliphatic carbocycles. The maximum absolute atomic E-state index is 12.3. The molecule has 3 N–H and O–H groups in total. The van der Waals surface area contributed by atoms with Crippen LogP contribution in [0.2, 0.25) is 0 Å². The molecule has 0 bridgehead atoms. The van der Waals surface area contributed by atoms with Crippen LogP contribution in [0, 0.1) is 11.3 Å². The standard InChI is InChI=1S/C14H18N4O5/c1-9(20)16-12-3-6-18(13(22)17-12)14(4-2-5-15)7-10(21)11(8-19)23-14/h3,6,10-11,19,21H,2,4,7-8H2,1H3,(H,16,17,20,22)/t10-,11+,14+/m0/s1. The molecular formula is C14H18N4O5. The number of carbonyl (C=O) groups is 1. The van der Waals surface area contributed by atoms with Gasteiger partial charge < -0.3 is 20.3 Å². The Morgan fingerprint density at radius 3 is 2.96 bits per heavy atom. The summed E-state index contributed by atoms with van der Waals surface area (Å²) in [6.45, 7) is 0.894. The Kier molecular flexibility index (Phi) is 5.10. The molecule has 1 aliphatic heterocycles. The molecule has 0 unspecified atom stereocenters. The van der Waals surface area contributed by atoms with Crippen LogP contribution in [0.3, 0.4) is 0 Å². The van der Waals surface area contributed by atoms with E-state index in [1.165, 1.54) is 23.8 Å². The lowest BCUT2D eigenvalue weighted by molar-refractivity contribution is -0.123. The van der Waals surface area contributed by atoms with Crippen LogP contribution in [0.5, 0.6) is 0 Å². The predicted molar refractivity (Wildman–Crippen MR) is 78.2 cm³/mol. The van der Waals surface area contributed by atoms with Crippen LogP contribution in [0.1, 0.15) is 26.2 Å². The molecule has 2 rings (SSSR count). The first kappa shape index (κ1) is 17.1. The van der Waals surface area contributed by atoms with Gasteiger partial charge in [0.05, 0.1) is 18.8 Å². The lowest BCUT2D eigenvalue weighted by Crippen LogP contribution is -2.42. The molecule has 0 saturated carbocycles. The summed E-state index contributed by atoms with van der Waals surface area (Å²) in [7, 11) is 0. The van der Waals surface area contributed by atoms with Crippen molar-refractivity contribution in [2.75, 3.05) is 11.9 Å². The van der Waals surface area contributed by atoms with Crippen LogP contribution < -0.4 is 11.0 Å². The third kappa shape index (κ3) is 3.56. The number of carbonyl (C=O) groups excluding carboxylic acids is 1. The highest BCUT2D eigenvalue weighted by Crippen LogP contribution is 2.38. The van der Waals surface area contributed by atoms with Crippen molar-refractivity contribution in [3.05, 3.63) is 22.7 Å².